The SMILES string of the molecule is CCOC(=O)N1CCN(C(=O)C(Cc2ccccc2)NS(=O)(=O)c2ccc3c(c2)CCC(=O)N3)CC1. The van der Waals surface area contributed by atoms with Crippen molar-refractivity contribution in [2.45, 2.75) is 37.1 Å². The minimum absolute atomic E-state index is 0.0374. The van der Waals surface area contributed by atoms with Gasteiger partial charge in [-0.25, -0.2) is 13.2 Å². The molecule has 1 saturated heterocycles. The molecule has 192 valence electrons. The molecule has 2 aliphatic heterocycles. The molecule has 2 N–H and O–H groups in total. The summed E-state index contributed by atoms with van der Waals surface area (Å²) in [7, 11) is -4.04. The molecule has 2 heterocycles. The average molecular weight is 515 g/mol. The Morgan fingerprint density at radius 2 is 1.72 bits per heavy atom. The Morgan fingerprint density at radius 1 is 1.03 bits per heavy atom. The maximum atomic E-state index is 13.5. The van der Waals surface area contributed by atoms with E-state index < -0.39 is 22.2 Å². The molecule has 1 unspecified atom stereocenters. The fourth-order valence-corrected chi connectivity index (χ4v) is 5.60. The third-order valence-electron chi connectivity index (χ3n) is 6.28. The van der Waals surface area contributed by atoms with Gasteiger partial charge in [-0.15, -0.1) is 0 Å². The van der Waals surface area contributed by atoms with Gasteiger partial charge >= 0.3 is 6.09 Å². The predicted octanol–water partition coefficient (Wildman–Crippen LogP) is 1.76. The van der Waals surface area contributed by atoms with Gasteiger partial charge < -0.3 is 19.9 Å². The summed E-state index contributed by atoms with van der Waals surface area (Å²) in [5, 5.41) is 2.74. The second-order valence-electron chi connectivity index (χ2n) is 8.74. The number of nitrogens with one attached hydrogen (secondary N) is 2. The second-order valence-corrected chi connectivity index (χ2v) is 10.5. The van der Waals surface area contributed by atoms with Gasteiger partial charge in [0.25, 0.3) is 0 Å². The quantitative estimate of drug-likeness (QED) is 0.580. The summed E-state index contributed by atoms with van der Waals surface area (Å²) < 4.78 is 34.3. The van der Waals surface area contributed by atoms with Crippen molar-refractivity contribution < 1.29 is 27.5 Å². The molecule has 1 fully saturated rings. The molecule has 0 radical (unpaired) electrons. The number of anilines is 1. The number of sulfonamides is 1. The lowest BCUT2D eigenvalue weighted by Crippen LogP contribution is -2.56. The standard InChI is InChI=1S/C25H30N4O6S/c1-2-35-25(32)29-14-12-28(13-15-29)24(31)22(16-18-6-4-3-5-7-18)27-36(33,34)20-9-10-21-19(17-20)8-11-23(30)26-21/h3-7,9-10,17,22,27H,2,8,11-16H2,1H3,(H,26,30). The van der Waals surface area contributed by atoms with Crippen molar-refractivity contribution in [1.29, 1.82) is 0 Å². The van der Waals surface area contributed by atoms with Crippen molar-refractivity contribution in [3.8, 4) is 0 Å². The summed E-state index contributed by atoms with van der Waals surface area (Å²) in [4.78, 5) is 40.3. The lowest BCUT2D eigenvalue weighted by Gasteiger charge is -2.36. The van der Waals surface area contributed by atoms with E-state index in [9.17, 15) is 22.8 Å². The molecule has 10 nitrogen and oxygen atoms in total. The van der Waals surface area contributed by atoms with Crippen LogP contribution in [0.1, 0.15) is 24.5 Å². The van der Waals surface area contributed by atoms with Gasteiger partial charge in [-0.05, 0) is 49.1 Å². The predicted molar refractivity (Wildman–Crippen MR) is 133 cm³/mol. The summed E-state index contributed by atoms with van der Waals surface area (Å²) in [5.74, 6) is -0.455. The van der Waals surface area contributed by atoms with Gasteiger partial charge in [-0.2, -0.15) is 4.72 Å². The summed E-state index contributed by atoms with van der Waals surface area (Å²) in [6.45, 7) is 3.19. The zero-order chi connectivity index (χ0) is 25.7. The van der Waals surface area contributed by atoms with Gasteiger partial charge in [-0.1, -0.05) is 30.3 Å². The van der Waals surface area contributed by atoms with Gasteiger partial charge in [0, 0.05) is 38.3 Å². The van der Waals surface area contributed by atoms with Gasteiger partial charge in [-0.3, -0.25) is 9.59 Å². The molecule has 2 aromatic rings. The minimum atomic E-state index is -4.04. The Balaban J connectivity index is 1.52. The molecule has 3 amide bonds. The van der Waals surface area contributed by atoms with Crippen LogP contribution in [0.4, 0.5) is 10.5 Å². The molecule has 1 atom stereocenters. The van der Waals surface area contributed by atoms with Crippen molar-refractivity contribution >= 4 is 33.6 Å². The maximum absolute atomic E-state index is 13.5. The van der Waals surface area contributed by atoms with E-state index in [-0.39, 0.29) is 49.2 Å². The van der Waals surface area contributed by atoms with Gasteiger partial charge in [0.1, 0.15) is 6.04 Å². The molecule has 0 aliphatic carbocycles. The third-order valence-corrected chi connectivity index (χ3v) is 7.75. The van der Waals surface area contributed by atoms with Crippen LogP contribution in [0.3, 0.4) is 0 Å². The highest BCUT2D eigenvalue weighted by atomic mass is 32.2. The van der Waals surface area contributed by atoms with E-state index >= 15 is 0 Å². The minimum Gasteiger partial charge on any atom is -0.450 e. The fourth-order valence-electron chi connectivity index (χ4n) is 4.36. The number of hydrogen-bond acceptors (Lipinski definition) is 6. The third kappa shape index (κ3) is 6.03. The Labute approximate surface area is 210 Å². The van der Waals surface area contributed by atoms with Gasteiger partial charge in [0.15, 0.2) is 0 Å². The van der Waals surface area contributed by atoms with Crippen LogP contribution >= 0.6 is 0 Å². The Hall–Kier alpha value is -3.44. The Morgan fingerprint density at radius 3 is 2.42 bits per heavy atom. The molecule has 2 aromatic carbocycles. The number of aryl methyl sites for hydroxylation is 1. The molecule has 11 heteroatoms. The molecular weight excluding hydrogens is 484 g/mol. The topological polar surface area (TPSA) is 125 Å². The lowest BCUT2D eigenvalue weighted by molar-refractivity contribution is -0.134. The van der Waals surface area contributed by atoms with Crippen LogP contribution in [0.5, 0.6) is 0 Å². The van der Waals surface area contributed by atoms with Crippen molar-refractivity contribution in [2.75, 3.05) is 38.1 Å². The summed E-state index contributed by atoms with van der Waals surface area (Å²) in [5.41, 5.74) is 2.15. The highest BCUT2D eigenvalue weighted by Crippen LogP contribution is 2.26. The molecule has 0 bridgehead atoms. The van der Waals surface area contributed by atoms with Crippen LogP contribution in [-0.2, 0) is 37.2 Å². The normalized spacial score (nSPS) is 16.6. The molecule has 4 rings (SSSR count). The van der Waals surface area contributed by atoms with Crippen LogP contribution in [0.2, 0.25) is 0 Å². The zero-order valence-corrected chi connectivity index (χ0v) is 20.9. The van der Waals surface area contributed by atoms with Gasteiger partial charge in [0.05, 0.1) is 11.5 Å². The molecule has 0 spiro atoms. The van der Waals surface area contributed by atoms with Gasteiger partial charge in [0.2, 0.25) is 21.8 Å². The highest BCUT2D eigenvalue weighted by molar-refractivity contribution is 7.89. The first kappa shape index (κ1) is 25.6. The van der Waals surface area contributed by atoms with Crippen molar-refractivity contribution in [1.82, 2.24) is 14.5 Å². The lowest BCUT2D eigenvalue weighted by atomic mass is 10.0. The van der Waals surface area contributed by atoms with Crippen molar-refractivity contribution in [3.05, 3.63) is 59.7 Å². The number of hydrogen-bond donors (Lipinski definition) is 2. The number of benzene rings is 2. The smallest absolute Gasteiger partial charge is 0.409 e. The monoisotopic (exact) mass is 514 g/mol. The molecular formula is C25H30N4O6S. The number of carbonyl (C=O) groups is 3. The molecule has 2 aliphatic rings. The average Bonchev–Trinajstić information content (AvgIpc) is 2.88. The summed E-state index contributed by atoms with van der Waals surface area (Å²) in [6, 6.07) is 12.7. The summed E-state index contributed by atoms with van der Waals surface area (Å²) in [6.07, 6.45) is 0.492. The van der Waals surface area contributed by atoms with E-state index in [1.807, 2.05) is 30.3 Å². The first-order chi connectivity index (χ1) is 17.3. The van der Waals surface area contributed by atoms with E-state index in [1.54, 1.807) is 24.0 Å². The number of nitrogens with zero attached hydrogens (tertiary/aromatic N) is 2. The summed E-state index contributed by atoms with van der Waals surface area (Å²) >= 11 is 0. The van der Waals surface area contributed by atoms with Crippen LogP contribution < -0.4 is 10.0 Å². The largest absolute Gasteiger partial charge is 0.450 e. The zero-order valence-electron chi connectivity index (χ0n) is 20.1. The number of amides is 3. The van der Waals surface area contributed by atoms with Crippen LogP contribution in [-0.4, -0.2) is 75.0 Å². The van der Waals surface area contributed by atoms with Crippen LogP contribution in [0.25, 0.3) is 0 Å². The first-order valence-electron chi connectivity index (χ1n) is 12.0. The molecule has 0 saturated carbocycles. The Bertz CT molecular complexity index is 1230. The van der Waals surface area contributed by atoms with Crippen molar-refractivity contribution in [2.24, 2.45) is 0 Å². The van der Waals surface area contributed by atoms with E-state index in [0.29, 0.717) is 25.2 Å². The first-order valence-corrected chi connectivity index (χ1v) is 13.4. The number of piperazine rings is 1. The molecule has 0 aromatic heterocycles. The number of fused-ring (bicyclic) bond motifs is 1. The number of ether oxygens (including phenoxy) is 1. The van der Waals surface area contributed by atoms with E-state index in [1.165, 1.54) is 11.0 Å². The van der Waals surface area contributed by atoms with E-state index in [2.05, 4.69) is 10.0 Å². The second kappa shape index (κ2) is 11.1. The highest BCUT2D eigenvalue weighted by Gasteiger charge is 2.33. The van der Waals surface area contributed by atoms with E-state index in [4.69, 9.17) is 4.74 Å². The fraction of sp³-hybridized carbons (Fsp3) is 0.400. The maximum Gasteiger partial charge on any atom is 0.409 e. The molecule has 36 heavy (non-hydrogen) atoms. The van der Waals surface area contributed by atoms with Crippen molar-refractivity contribution in [3.63, 3.8) is 0 Å². The number of carbonyl (C=O) groups excluding carboxylic acids is 3. The van der Waals surface area contributed by atoms with E-state index in [0.717, 1.165) is 11.1 Å². The number of rotatable bonds is 7. The Kier molecular flexibility index (Phi) is 7.90. The van der Waals surface area contributed by atoms with Crippen LogP contribution in [0.15, 0.2) is 53.4 Å². The van der Waals surface area contributed by atoms with Crippen LogP contribution in [0, 0.1) is 0 Å².